The molecule has 6 nitrogen and oxygen atoms in total. The van der Waals surface area contributed by atoms with Gasteiger partial charge in [-0.05, 0) is 44.5 Å². The number of benzene rings is 1. The predicted octanol–water partition coefficient (Wildman–Crippen LogP) is 2.61. The van der Waals surface area contributed by atoms with Crippen LogP contribution in [0.15, 0.2) is 29.2 Å². The molecule has 0 radical (unpaired) electrons. The van der Waals surface area contributed by atoms with Gasteiger partial charge in [-0.2, -0.15) is 4.31 Å². The number of nitrogens with zero attached hydrogens (tertiary/aromatic N) is 1. The largest absolute Gasteiger partial charge is 0.378 e. The van der Waals surface area contributed by atoms with E-state index in [0.717, 1.165) is 12.8 Å². The summed E-state index contributed by atoms with van der Waals surface area (Å²) in [5, 5.41) is 2.78. The van der Waals surface area contributed by atoms with Gasteiger partial charge in [-0.3, -0.25) is 4.79 Å². The van der Waals surface area contributed by atoms with Crippen LogP contribution in [-0.2, 0) is 19.6 Å². The highest BCUT2D eigenvalue weighted by Crippen LogP contribution is 2.28. The molecule has 1 aliphatic heterocycles. The van der Waals surface area contributed by atoms with Gasteiger partial charge in [-0.15, -0.1) is 0 Å². The number of hydrogen-bond acceptors (Lipinski definition) is 4. The van der Waals surface area contributed by atoms with Gasteiger partial charge in [-0.25, -0.2) is 8.42 Å². The Morgan fingerprint density at radius 1 is 1.29 bits per heavy atom. The van der Waals surface area contributed by atoms with Gasteiger partial charge >= 0.3 is 0 Å². The van der Waals surface area contributed by atoms with E-state index in [1.54, 1.807) is 12.1 Å². The van der Waals surface area contributed by atoms with Crippen molar-refractivity contribution in [1.29, 1.82) is 0 Å². The molecule has 0 bridgehead atoms. The summed E-state index contributed by atoms with van der Waals surface area (Å²) in [7, 11) is -3.59. The summed E-state index contributed by atoms with van der Waals surface area (Å²) in [5.74, 6) is -0.0539. The van der Waals surface area contributed by atoms with Crippen molar-refractivity contribution < 1.29 is 17.9 Å². The second kappa shape index (κ2) is 7.63. The Morgan fingerprint density at radius 2 is 1.96 bits per heavy atom. The number of hydrogen-bond donors (Lipinski definition) is 1. The topological polar surface area (TPSA) is 75.7 Å². The van der Waals surface area contributed by atoms with Crippen molar-refractivity contribution in [1.82, 2.24) is 4.31 Å². The Balaban J connectivity index is 2.13. The number of rotatable bonds is 6. The molecule has 1 fully saturated rings. The fourth-order valence-electron chi connectivity index (χ4n) is 2.69. The number of nitrogens with one attached hydrogen (secondary N) is 1. The lowest BCUT2D eigenvalue weighted by molar-refractivity contribution is -0.116. The van der Waals surface area contributed by atoms with E-state index in [-0.39, 0.29) is 10.8 Å². The maximum absolute atomic E-state index is 12.9. The number of carbonyl (C=O) groups is 1. The molecule has 0 spiro atoms. The number of sulfonamides is 1. The van der Waals surface area contributed by atoms with E-state index in [0.29, 0.717) is 31.9 Å². The van der Waals surface area contributed by atoms with E-state index in [1.807, 2.05) is 20.8 Å². The first kappa shape index (κ1) is 18.9. The summed E-state index contributed by atoms with van der Waals surface area (Å²) in [6.07, 6.45) is 2.27. The summed E-state index contributed by atoms with van der Waals surface area (Å²) < 4.78 is 32.6. The molecule has 2 rings (SSSR count). The molecule has 1 amide bonds. The third kappa shape index (κ3) is 4.34. The summed E-state index contributed by atoms with van der Waals surface area (Å²) in [6.45, 7) is 6.84. The van der Waals surface area contributed by atoms with E-state index < -0.39 is 15.6 Å². The number of amides is 1. The molecular weight excluding hydrogens is 328 g/mol. The Labute approximate surface area is 144 Å². The molecule has 1 aliphatic rings. The summed E-state index contributed by atoms with van der Waals surface area (Å²) in [6, 6.07) is 6.33. The van der Waals surface area contributed by atoms with Gasteiger partial charge < -0.3 is 10.1 Å². The van der Waals surface area contributed by atoms with Crippen LogP contribution < -0.4 is 5.32 Å². The average Bonchev–Trinajstić information content (AvgIpc) is 2.52. The van der Waals surface area contributed by atoms with Gasteiger partial charge in [0.1, 0.15) is 0 Å². The van der Waals surface area contributed by atoms with Crippen LogP contribution in [0.1, 0.15) is 40.0 Å². The van der Waals surface area contributed by atoms with Crippen molar-refractivity contribution in [2.75, 3.05) is 25.1 Å². The van der Waals surface area contributed by atoms with E-state index in [1.165, 1.54) is 16.4 Å². The Morgan fingerprint density at radius 3 is 2.54 bits per heavy atom. The van der Waals surface area contributed by atoms with Crippen LogP contribution in [0.3, 0.4) is 0 Å². The number of morpholine rings is 1. The minimum atomic E-state index is -3.59. The number of anilines is 1. The Kier molecular flexibility index (Phi) is 6.01. The molecule has 0 unspecified atom stereocenters. The second-order valence-corrected chi connectivity index (χ2v) is 8.48. The van der Waals surface area contributed by atoms with Gasteiger partial charge in [-0.1, -0.05) is 13.3 Å². The highest BCUT2D eigenvalue weighted by atomic mass is 32.2. The molecule has 0 aliphatic carbocycles. The van der Waals surface area contributed by atoms with Crippen LogP contribution in [0, 0.1) is 0 Å². The van der Waals surface area contributed by atoms with Crippen LogP contribution in [0.5, 0.6) is 0 Å². The molecule has 1 aromatic rings. The lowest BCUT2D eigenvalue weighted by Gasteiger charge is -2.40. The fourth-order valence-corrected chi connectivity index (χ4v) is 4.44. The molecule has 0 atom stereocenters. The fraction of sp³-hybridized carbons (Fsp3) is 0.588. The lowest BCUT2D eigenvalue weighted by atomic mass is 10.1. The molecule has 1 heterocycles. The number of ether oxygens (including phenoxy) is 1. The molecule has 134 valence electrons. The lowest BCUT2D eigenvalue weighted by Crippen LogP contribution is -2.55. The van der Waals surface area contributed by atoms with Crippen LogP contribution >= 0.6 is 0 Å². The third-order valence-electron chi connectivity index (χ3n) is 4.05. The van der Waals surface area contributed by atoms with E-state index in [4.69, 9.17) is 4.74 Å². The Hall–Kier alpha value is -1.44. The van der Waals surface area contributed by atoms with Crippen LogP contribution in [0.2, 0.25) is 0 Å². The van der Waals surface area contributed by atoms with Gasteiger partial charge in [0.25, 0.3) is 0 Å². The average molecular weight is 354 g/mol. The first-order chi connectivity index (χ1) is 11.3. The zero-order valence-corrected chi connectivity index (χ0v) is 15.4. The van der Waals surface area contributed by atoms with Crippen molar-refractivity contribution in [2.24, 2.45) is 0 Å². The van der Waals surface area contributed by atoms with Crippen molar-refractivity contribution in [2.45, 2.75) is 50.5 Å². The van der Waals surface area contributed by atoms with Crippen molar-refractivity contribution in [3.63, 3.8) is 0 Å². The summed E-state index contributed by atoms with van der Waals surface area (Å²) in [5.41, 5.74) is 0.0284. The number of carbonyl (C=O) groups excluding carboxylic acids is 1. The van der Waals surface area contributed by atoms with Crippen molar-refractivity contribution in [3.05, 3.63) is 24.3 Å². The minimum Gasteiger partial charge on any atom is -0.378 e. The summed E-state index contributed by atoms with van der Waals surface area (Å²) >= 11 is 0. The van der Waals surface area contributed by atoms with Crippen LogP contribution in [0.4, 0.5) is 5.69 Å². The second-order valence-electron chi connectivity index (χ2n) is 6.62. The van der Waals surface area contributed by atoms with Gasteiger partial charge in [0.2, 0.25) is 15.9 Å². The SMILES string of the molecule is CCCCC(=O)Nc1ccc(S(=O)(=O)N2CCOCC2(C)C)cc1. The molecule has 1 N–H and O–H groups in total. The number of unbranched alkanes of at least 4 members (excludes halogenated alkanes) is 1. The molecular formula is C17H26N2O4S. The highest BCUT2D eigenvalue weighted by molar-refractivity contribution is 7.89. The van der Waals surface area contributed by atoms with Gasteiger partial charge in [0.05, 0.1) is 23.6 Å². The first-order valence-electron chi connectivity index (χ1n) is 8.28. The van der Waals surface area contributed by atoms with E-state index in [9.17, 15) is 13.2 Å². The van der Waals surface area contributed by atoms with Crippen molar-refractivity contribution in [3.8, 4) is 0 Å². The molecule has 7 heteroatoms. The van der Waals surface area contributed by atoms with E-state index in [2.05, 4.69) is 5.32 Å². The molecule has 1 aromatic carbocycles. The predicted molar refractivity (Wildman–Crippen MR) is 93.4 cm³/mol. The van der Waals surface area contributed by atoms with Crippen molar-refractivity contribution >= 4 is 21.6 Å². The van der Waals surface area contributed by atoms with Crippen LogP contribution in [-0.4, -0.2) is 43.9 Å². The monoisotopic (exact) mass is 354 g/mol. The zero-order valence-electron chi connectivity index (χ0n) is 14.5. The standard InChI is InChI=1S/C17H26N2O4S/c1-4-5-6-16(20)18-14-7-9-15(10-8-14)24(21,22)19-11-12-23-13-17(19,2)3/h7-10H,4-6,11-13H2,1-3H3,(H,18,20). The van der Waals surface area contributed by atoms with Crippen LogP contribution in [0.25, 0.3) is 0 Å². The quantitative estimate of drug-likeness (QED) is 0.852. The molecule has 1 saturated heterocycles. The minimum absolute atomic E-state index is 0.0539. The normalized spacial score (nSPS) is 18.3. The maximum Gasteiger partial charge on any atom is 0.243 e. The Bertz CT molecular complexity index is 668. The maximum atomic E-state index is 12.9. The summed E-state index contributed by atoms with van der Waals surface area (Å²) in [4.78, 5) is 12.0. The first-order valence-corrected chi connectivity index (χ1v) is 9.72. The van der Waals surface area contributed by atoms with Gasteiger partial charge in [0.15, 0.2) is 0 Å². The zero-order chi connectivity index (χ0) is 17.8. The molecule has 0 saturated carbocycles. The van der Waals surface area contributed by atoms with Gasteiger partial charge in [0, 0.05) is 18.7 Å². The van der Waals surface area contributed by atoms with E-state index >= 15 is 0 Å². The highest BCUT2D eigenvalue weighted by Gasteiger charge is 2.39. The smallest absolute Gasteiger partial charge is 0.243 e. The molecule has 0 aromatic heterocycles. The molecule has 24 heavy (non-hydrogen) atoms. The third-order valence-corrected chi connectivity index (χ3v) is 6.18.